The van der Waals surface area contributed by atoms with Crippen LogP contribution in [-0.4, -0.2) is 22.8 Å². The molecule has 0 radical (unpaired) electrons. The molecule has 2 heteroatoms. The number of rotatable bonds is 4. The van der Waals surface area contributed by atoms with E-state index in [2.05, 4.69) is 32.6 Å². The normalized spacial score (nSPS) is 11.6. The Hall–Kier alpha value is -0.790. The van der Waals surface area contributed by atoms with Crippen LogP contribution in [0.3, 0.4) is 0 Å². The lowest BCUT2D eigenvalue weighted by molar-refractivity contribution is -0.112. The van der Waals surface area contributed by atoms with Crippen molar-refractivity contribution >= 4 is 5.78 Å². The Labute approximate surface area is 75.3 Å². The molecule has 0 aromatic carbocycles. The van der Waals surface area contributed by atoms with E-state index in [-0.39, 0.29) is 5.78 Å². The zero-order valence-electron chi connectivity index (χ0n) is 8.66. The minimum Gasteiger partial charge on any atom is -0.372 e. The van der Waals surface area contributed by atoms with E-state index in [4.69, 9.17) is 0 Å². The standard InChI is InChI=1S/C10H19NO/c1-8(2)11(9(3)4)7-6-10(5)12/h6-9H,1-5H3/b7-6+. The average Bonchev–Trinajstić information content (AvgIpc) is 1.84. The predicted molar refractivity (Wildman–Crippen MR) is 51.9 cm³/mol. The van der Waals surface area contributed by atoms with Crippen molar-refractivity contribution in [3.8, 4) is 0 Å². The van der Waals surface area contributed by atoms with Gasteiger partial charge in [0, 0.05) is 18.3 Å². The highest BCUT2D eigenvalue weighted by atomic mass is 16.1. The summed E-state index contributed by atoms with van der Waals surface area (Å²) in [6.07, 6.45) is 3.48. The first-order valence-corrected chi connectivity index (χ1v) is 4.41. The highest BCUT2D eigenvalue weighted by Gasteiger charge is 2.07. The lowest BCUT2D eigenvalue weighted by atomic mass is 10.2. The second-order valence-corrected chi connectivity index (χ2v) is 3.56. The Morgan fingerprint density at radius 3 is 1.83 bits per heavy atom. The molecule has 0 heterocycles. The SMILES string of the molecule is CC(=O)/C=C/N(C(C)C)C(C)C. The van der Waals surface area contributed by atoms with Crippen LogP contribution in [0.4, 0.5) is 0 Å². The van der Waals surface area contributed by atoms with Gasteiger partial charge in [0.15, 0.2) is 5.78 Å². The molecule has 0 amide bonds. The van der Waals surface area contributed by atoms with E-state index in [1.165, 1.54) is 0 Å². The average molecular weight is 169 g/mol. The molecule has 0 rings (SSSR count). The Morgan fingerprint density at radius 2 is 1.58 bits per heavy atom. The van der Waals surface area contributed by atoms with Crippen LogP contribution in [0.5, 0.6) is 0 Å². The zero-order valence-corrected chi connectivity index (χ0v) is 8.66. The molecule has 0 fully saturated rings. The van der Waals surface area contributed by atoms with Crippen LogP contribution in [-0.2, 0) is 4.79 Å². The Bertz CT molecular complexity index is 163. The van der Waals surface area contributed by atoms with E-state index >= 15 is 0 Å². The van der Waals surface area contributed by atoms with E-state index in [9.17, 15) is 4.79 Å². The third-order valence-corrected chi connectivity index (χ3v) is 1.67. The third-order valence-electron chi connectivity index (χ3n) is 1.67. The molecular weight excluding hydrogens is 150 g/mol. The molecule has 0 saturated heterocycles. The fourth-order valence-electron chi connectivity index (χ4n) is 1.13. The zero-order chi connectivity index (χ0) is 9.72. The summed E-state index contributed by atoms with van der Waals surface area (Å²) in [5.74, 6) is 0.0984. The monoisotopic (exact) mass is 169 g/mol. The Kier molecular flexibility index (Phi) is 4.64. The highest BCUT2D eigenvalue weighted by Crippen LogP contribution is 2.04. The Morgan fingerprint density at radius 1 is 1.17 bits per heavy atom. The van der Waals surface area contributed by atoms with Crippen molar-refractivity contribution in [3.63, 3.8) is 0 Å². The van der Waals surface area contributed by atoms with Gasteiger partial charge in [-0.15, -0.1) is 0 Å². The molecule has 0 N–H and O–H groups in total. The molecule has 0 spiro atoms. The molecule has 2 nitrogen and oxygen atoms in total. The molecule has 12 heavy (non-hydrogen) atoms. The predicted octanol–water partition coefficient (Wildman–Crippen LogP) is 2.21. The van der Waals surface area contributed by atoms with E-state index in [0.29, 0.717) is 12.1 Å². The second kappa shape index (κ2) is 4.96. The van der Waals surface area contributed by atoms with E-state index < -0.39 is 0 Å². The molecule has 0 aliphatic rings. The van der Waals surface area contributed by atoms with Gasteiger partial charge in [-0.05, 0) is 40.7 Å². The van der Waals surface area contributed by atoms with Crippen LogP contribution >= 0.6 is 0 Å². The molecule has 0 aliphatic carbocycles. The van der Waals surface area contributed by atoms with Crippen LogP contribution in [0.15, 0.2) is 12.3 Å². The van der Waals surface area contributed by atoms with Gasteiger partial charge in [-0.25, -0.2) is 0 Å². The number of carbonyl (C=O) groups is 1. The van der Waals surface area contributed by atoms with Crippen LogP contribution in [0.1, 0.15) is 34.6 Å². The fraction of sp³-hybridized carbons (Fsp3) is 0.700. The summed E-state index contributed by atoms with van der Waals surface area (Å²) in [4.78, 5) is 12.8. The minimum atomic E-state index is 0.0984. The van der Waals surface area contributed by atoms with Crippen LogP contribution in [0, 0.1) is 0 Å². The van der Waals surface area contributed by atoms with Crippen molar-refractivity contribution in [2.75, 3.05) is 0 Å². The van der Waals surface area contributed by atoms with Gasteiger partial charge in [0.25, 0.3) is 0 Å². The van der Waals surface area contributed by atoms with Gasteiger partial charge in [0.2, 0.25) is 0 Å². The Balaban J connectivity index is 4.23. The number of nitrogens with zero attached hydrogens (tertiary/aromatic N) is 1. The molecule has 0 bridgehead atoms. The highest BCUT2D eigenvalue weighted by molar-refractivity contribution is 5.87. The molecule has 0 aromatic heterocycles. The first kappa shape index (κ1) is 11.2. The van der Waals surface area contributed by atoms with Crippen molar-refractivity contribution < 1.29 is 4.79 Å². The first-order chi connectivity index (χ1) is 5.45. The van der Waals surface area contributed by atoms with Crippen molar-refractivity contribution in [3.05, 3.63) is 12.3 Å². The maximum Gasteiger partial charge on any atom is 0.154 e. The van der Waals surface area contributed by atoms with Crippen molar-refractivity contribution in [2.45, 2.75) is 46.7 Å². The summed E-state index contributed by atoms with van der Waals surface area (Å²) in [6, 6.07) is 0.890. The fourth-order valence-corrected chi connectivity index (χ4v) is 1.13. The topological polar surface area (TPSA) is 20.3 Å². The second-order valence-electron chi connectivity index (χ2n) is 3.56. The number of hydrogen-bond acceptors (Lipinski definition) is 2. The quantitative estimate of drug-likeness (QED) is 0.601. The van der Waals surface area contributed by atoms with Gasteiger partial charge in [-0.1, -0.05) is 0 Å². The lowest BCUT2D eigenvalue weighted by Gasteiger charge is -2.28. The van der Waals surface area contributed by atoms with Crippen molar-refractivity contribution in [1.29, 1.82) is 0 Å². The molecular formula is C10H19NO. The van der Waals surface area contributed by atoms with Gasteiger partial charge < -0.3 is 4.90 Å². The number of carbonyl (C=O) groups excluding carboxylic acids is 1. The van der Waals surface area contributed by atoms with E-state index in [1.54, 1.807) is 13.0 Å². The lowest BCUT2D eigenvalue weighted by Crippen LogP contribution is -2.32. The molecule has 0 aliphatic heterocycles. The summed E-state index contributed by atoms with van der Waals surface area (Å²) in [5.41, 5.74) is 0. The van der Waals surface area contributed by atoms with Gasteiger partial charge >= 0.3 is 0 Å². The van der Waals surface area contributed by atoms with E-state index in [0.717, 1.165) is 0 Å². The number of ketones is 1. The molecule has 70 valence electrons. The summed E-state index contributed by atoms with van der Waals surface area (Å²) in [5, 5.41) is 0. The molecule has 0 atom stereocenters. The van der Waals surface area contributed by atoms with Gasteiger partial charge in [-0.2, -0.15) is 0 Å². The smallest absolute Gasteiger partial charge is 0.154 e. The maximum absolute atomic E-state index is 10.7. The van der Waals surface area contributed by atoms with Crippen molar-refractivity contribution in [1.82, 2.24) is 4.90 Å². The molecule has 0 unspecified atom stereocenters. The number of hydrogen-bond donors (Lipinski definition) is 0. The minimum absolute atomic E-state index is 0.0984. The van der Waals surface area contributed by atoms with Gasteiger partial charge in [0.05, 0.1) is 0 Å². The van der Waals surface area contributed by atoms with E-state index in [1.807, 2.05) is 6.20 Å². The summed E-state index contributed by atoms with van der Waals surface area (Å²) >= 11 is 0. The number of allylic oxidation sites excluding steroid dienone is 1. The van der Waals surface area contributed by atoms with Crippen LogP contribution in [0.25, 0.3) is 0 Å². The summed E-state index contributed by atoms with van der Waals surface area (Å²) in [6.45, 7) is 10.0. The summed E-state index contributed by atoms with van der Waals surface area (Å²) < 4.78 is 0. The van der Waals surface area contributed by atoms with Crippen LogP contribution < -0.4 is 0 Å². The van der Waals surface area contributed by atoms with Crippen LogP contribution in [0.2, 0.25) is 0 Å². The molecule has 0 saturated carbocycles. The largest absolute Gasteiger partial charge is 0.372 e. The third kappa shape index (κ3) is 4.16. The van der Waals surface area contributed by atoms with Gasteiger partial charge in [-0.3, -0.25) is 4.79 Å². The summed E-state index contributed by atoms with van der Waals surface area (Å²) in [7, 11) is 0. The van der Waals surface area contributed by atoms with Crippen molar-refractivity contribution in [2.24, 2.45) is 0 Å². The molecule has 0 aromatic rings. The first-order valence-electron chi connectivity index (χ1n) is 4.41. The van der Waals surface area contributed by atoms with Gasteiger partial charge in [0.1, 0.15) is 0 Å². The maximum atomic E-state index is 10.7.